The summed E-state index contributed by atoms with van der Waals surface area (Å²) in [5.41, 5.74) is 0.500. The molecule has 2 rings (SSSR count). The second-order valence-electron chi connectivity index (χ2n) is 5.56. The van der Waals surface area contributed by atoms with Crippen molar-refractivity contribution in [1.82, 2.24) is 4.90 Å². The van der Waals surface area contributed by atoms with Crippen LogP contribution < -0.4 is 0 Å². The maximum atomic E-state index is 12.4. The maximum Gasteiger partial charge on any atom is 0.326 e. The summed E-state index contributed by atoms with van der Waals surface area (Å²) in [6.07, 6.45) is 1.21. The van der Waals surface area contributed by atoms with E-state index in [1.165, 1.54) is 4.90 Å². The Morgan fingerprint density at radius 3 is 2.55 bits per heavy atom. The van der Waals surface area contributed by atoms with Gasteiger partial charge in [-0.05, 0) is 37.1 Å². The van der Waals surface area contributed by atoms with Crippen molar-refractivity contribution < 1.29 is 19.5 Å². The largest absolute Gasteiger partial charge is 0.480 e. The number of hydrogen-bond acceptors (Lipinski definition) is 3. The van der Waals surface area contributed by atoms with Gasteiger partial charge in [0, 0.05) is 29.5 Å². The second kappa shape index (κ2) is 6.92. The van der Waals surface area contributed by atoms with Crippen LogP contribution in [0.15, 0.2) is 24.3 Å². The van der Waals surface area contributed by atoms with Crippen LogP contribution in [-0.4, -0.2) is 40.3 Å². The fourth-order valence-electron chi connectivity index (χ4n) is 2.69. The molecule has 0 aliphatic carbocycles. The highest BCUT2D eigenvalue weighted by molar-refractivity contribution is 6.30. The van der Waals surface area contributed by atoms with Gasteiger partial charge in [-0.3, -0.25) is 9.59 Å². The van der Waals surface area contributed by atoms with E-state index in [1.54, 1.807) is 31.2 Å². The highest BCUT2D eigenvalue weighted by Crippen LogP contribution is 2.22. The molecule has 0 radical (unpaired) electrons. The van der Waals surface area contributed by atoms with Crippen molar-refractivity contribution in [3.63, 3.8) is 0 Å². The van der Waals surface area contributed by atoms with Crippen molar-refractivity contribution in [3.05, 3.63) is 34.9 Å². The standard InChI is InChI=1S/C16H18ClNO4/c1-10(9-14(19)11-4-6-12(17)7-5-11)15(20)18-8-2-3-13(18)16(21)22/h4-7,10,13H,2-3,8-9H2,1H3,(H,21,22)/t10?,13-/m0/s1. The number of ketones is 1. The van der Waals surface area contributed by atoms with Gasteiger partial charge in [0.05, 0.1) is 0 Å². The number of amides is 1. The topological polar surface area (TPSA) is 74.7 Å². The van der Waals surface area contributed by atoms with E-state index in [0.717, 1.165) is 0 Å². The van der Waals surface area contributed by atoms with Crippen molar-refractivity contribution in [2.24, 2.45) is 5.92 Å². The predicted molar refractivity (Wildman–Crippen MR) is 81.9 cm³/mol. The average molecular weight is 324 g/mol. The number of rotatable bonds is 5. The molecule has 0 spiro atoms. The normalized spacial score (nSPS) is 19.0. The first kappa shape index (κ1) is 16.5. The molecule has 1 heterocycles. The van der Waals surface area contributed by atoms with Crippen LogP contribution >= 0.6 is 11.6 Å². The number of benzene rings is 1. The maximum absolute atomic E-state index is 12.4. The summed E-state index contributed by atoms with van der Waals surface area (Å²) in [5, 5.41) is 9.67. The molecule has 6 heteroatoms. The summed E-state index contributed by atoms with van der Waals surface area (Å²) in [5.74, 6) is -1.94. The zero-order valence-electron chi connectivity index (χ0n) is 12.3. The van der Waals surface area contributed by atoms with Crippen molar-refractivity contribution in [2.45, 2.75) is 32.2 Å². The Morgan fingerprint density at radius 1 is 1.32 bits per heavy atom. The summed E-state index contributed by atoms with van der Waals surface area (Å²) < 4.78 is 0. The second-order valence-corrected chi connectivity index (χ2v) is 6.00. The molecule has 1 unspecified atom stereocenters. The highest BCUT2D eigenvalue weighted by atomic mass is 35.5. The summed E-state index contributed by atoms with van der Waals surface area (Å²) in [6, 6.07) is 5.74. The van der Waals surface area contributed by atoms with Crippen LogP contribution in [0.5, 0.6) is 0 Å². The molecular weight excluding hydrogens is 306 g/mol. The number of carboxylic acids is 1. The van der Waals surface area contributed by atoms with E-state index in [-0.39, 0.29) is 18.1 Å². The average Bonchev–Trinajstić information content (AvgIpc) is 2.96. The van der Waals surface area contributed by atoms with Crippen LogP contribution in [0.25, 0.3) is 0 Å². The first-order chi connectivity index (χ1) is 10.4. The van der Waals surface area contributed by atoms with Gasteiger partial charge in [0.2, 0.25) is 5.91 Å². The van der Waals surface area contributed by atoms with Gasteiger partial charge in [-0.15, -0.1) is 0 Å². The lowest BCUT2D eigenvalue weighted by molar-refractivity contribution is -0.149. The number of Topliss-reactive ketones (excluding diaryl/α,β-unsaturated/α-hetero) is 1. The lowest BCUT2D eigenvalue weighted by Gasteiger charge is -2.24. The number of nitrogens with zero attached hydrogens (tertiary/aromatic N) is 1. The quantitative estimate of drug-likeness (QED) is 0.845. The van der Waals surface area contributed by atoms with Crippen molar-refractivity contribution in [2.75, 3.05) is 6.54 Å². The molecule has 1 N–H and O–H groups in total. The molecule has 1 aliphatic rings. The SMILES string of the molecule is CC(CC(=O)c1ccc(Cl)cc1)C(=O)N1CCC[C@H]1C(=O)O. The Hall–Kier alpha value is -1.88. The first-order valence-corrected chi connectivity index (χ1v) is 7.60. The van der Waals surface area contributed by atoms with E-state index >= 15 is 0 Å². The lowest BCUT2D eigenvalue weighted by atomic mass is 9.98. The number of aliphatic carboxylic acids is 1. The third-order valence-electron chi connectivity index (χ3n) is 3.90. The molecule has 118 valence electrons. The monoisotopic (exact) mass is 323 g/mol. The van der Waals surface area contributed by atoms with Crippen LogP contribution in [0.2, 0.25) is 5.02 Å². The molecule has 1 saturated heterocycles. The number of hydrogen-bond donors (Lipinski definition) is 1. The van der Waals surface area contributed by atoms with Gasteiger partial charge in [-0.1, -0.05) is 18.5 Å². The number of carboxylic acid groups (broad SMARTS) is 1. The summed E-state index contributed by atoms with van der Waals surface area (Å²) >= 11 is 5.78. The number of likely N-dealkylation sites (tertiary alicyclic amines) is 1. The molecule has 0 bridgehead atoms. The van der Waals surface area contributed by atoms with Crippen LogP contribution in [0.4, 0.5) is 0 Å². The predicted octanol–water partition coefficient (Wildman–Crippen LogP) is 2.62. The molecule has 22 heavy (non-hydrogen) atoms. The van der Waals surface area contributed by atoms with Crippen molar-refractivity contribution in [3.8, 4) is 0 Å². The van der Waals surface area contributed by atoms with Gasteiger partial charge in [0.15, 0.2) is 5.78 Å². The number of carbonyl (C=O) groups is 3. The molecule has 1 amide bonds. The molecule has 0 aromatic heterocycles. The molecule has 5 nitrogen and oxygen atoms in total. The molecule has 1 aliphatic heterocycles. The Bertz CT molecular complexity index is 584. The van der Waals surface area contributed by atoms with E-state index in [1.807, 2.05) is 0 Å². The molecule has 1 aromatic carbocycles. The molecule has 1 fully saturated rings. The minimum Gasteiger partial charge on any atom is -0.480 e. The van der Waals surface area contributed by atoms with Gasteiger partial charge in [-0.2, -0.15) is 0 Å². The van der Waals surface area contributed by atoms with Gasteiger partial charge >= 0.3 is 5.97 Å². The Morgan fingerprint density at radius 2 is 1.95 bits per heavy atom. The summed E-state index contributed by atoms with van der Waals surface area (Å²) in [6.45, 7) is 2.10. The van der Waals surface area contributed by atoms with Gasteiger partial charge in [-0.25, -0.2) is 4.79 Å². The minimum absolute atomic E-state index is 0.0588. The molecule has 1 aromatic rings. The number of halogens is 1. The zero-order valence-corrected chi connectivity index (χ0v) is 13.0. The van der Waals surface area contributed by atoms with Gasteiger partial charge in [0.25, 0.3) is 0 Å². The van der Waals surface area contributed by atoms with E-state index in [0.29, 0.717) is 30.0 Å². The van der Waals surface area contributed by atoms with E-state index in [4.69, 9.17) is 16.7 Å². The van der Waals surface area contributed by atoms with Crippen molar-refractivity contribution in [1.29, 1.82) is 0 Å². The third-order valence-corrected chi connectivity index (χ3v) is 4.15. The van der Waals surface area contributed by atoms with Crippen LogP contribution in [0.3, 0.4) is 0 Å². The minimum atomic E-state index is -0.984. The van der Waals surface area contributed by atoms with Crippen LogP contribution in [0, 0.1) is 5.92 Å². The smallest absolute Gasteiger partial charge is 0.326 e. The Kier molecular flexibility index (Phi) is 5.19. The Labute approximate surface area is 133 Å². The van der Waals surface area contributed by atoms with E-state index < -0.39 is 17.9 Å². The molecule has 2 atom stereocenters. The number of carbonyl (C=O) groups excluding carboxylic acids is 2. The fraction of sp³-hybridized carbons (Fsp3) is 0.438. The van der Waals surface area contributed by atoms with Gasteiger partial charge < -0.3 is 10.0 Å². The third kappa shape index (κ3) is 3.65. The summed E-state index contributed by atoms with van der Waals surface area (Å²) in [4.78, 5) is 37.1. The van der Waals surface area contributed by atoms with E-state index in [2.05, 4.69) is 0 Å². The van der Waals surface area contributed by atoms with Crippen molar-refractivity contribution >= 4 is 29.3 Å². The van der Waals surface area contributed by atoms with E-state index in [9.17, 15) is 14.4 Å². The first-order valence-electron chi connectivity index (χ1n) is 7.22. The molecule has 0 saturated carbocycles. The van der Waals surface area contributed by atoms with Crippen LogP contribution in [-0.2, 0) is 9.59 Å². The lowest BCUT2D eigenvalue weighted by Crippen LogP contribution is -2.43. The molecular formula is C16H18ClNO4. The highest BCUT2D eigenvalue weighted by Gasteiger charge is 2.36. The Balaban J connectivity index is 2.00. The van der Waals surface area contributed by atoms with Gasteiger partial charge in [0.1, 0.15) is 6.04 Å². The fourth-order valence-corrected chi connectivity index (χ4v) is 2.82. The zero-order chi connectivity index (χ0) is 16.3. The van der Waals surface area contributed by atoms with Crippen LogP contribution in [0.1, 0.15) is 36.5 Å². The summed E-state index contributed by atoms with van der Waals surface area (Å²) in [7, 11) is 0.